The first-order chi connectivity index (χ1) is 8.34. The second-order valence-electron chi connectivity index (χ2n) is 4.64. The fourth-order valence-corrected chi connectivity index (χ4v) is 2.73. The number of hydrogen-bond acceptors (Lipinski definition) is 3. The van der Waals surface area contributed by atoms with Crippen LogP contribution in [0.1, 0.15) is 31.4 Å². The Morgan fingerprint density at radius 2 is 2.06 bits per heavy atom. The van der Waals surface area contributed by atoms with Gasteiger partial charge in [0, 0.05) is 0 Å². The van der Waals surface area contributed by atoms with E-state index in [4.69, 9.17) is 4.42 Å². The largest absolute Gasteiger partial charge is 0.454 e. The van der Waals surface area contributed by atoms with Crippen molar-refractivity contribution in [1.82, 2.24) is 10.2 Å². The maximum atomic E-state index is 5.49. The zero-order valence-corrected chi connectivity index (χ0v) is 12.4. The molecule has 3 nitrogen and oxygen atoms in total. The molecule has 0 spiro atoms. The third-order valence-electron chi connectivity index (χ3n) is 3.20. The molecule has 0 unspecified atom stereocenters. The lowest BCUT2D eigenvalue weighted by atomic mass is 10.1. The predicted molar refractivity (Wildman–Crippen MR) is 78.0 cm³/mol. The Balaban J connectivity index is 1.51. The molecule has 0 aliphatic carbocycles. The molecule has 1 N–H and O–H groups in total. The molecule has 4 heteroatoms. The molecule has 1 aromatic heterocycles. The van der Waals surface area contributed by atoms with Crippen molar-refractivity contribution in [2.45, 2.75) is 32.2 Å². The molecule has 0 bridgehead atoms. The van der Waals surface area contributed by atoms with Gasteiger partial charge in [-0.05, 0) is 80.2 Å². The number of halogens is 1. The first kappa shape index (κ1) is 13.4. The molecule has 1 fully saturated rings. The molecule has 96 valence electrons. The van der Waals surface area contributed by atoms with Crippen molar-refractivity contribution in [1.29, 1.82) is 0 Å². The summed E-state index contributed by atoms with van der Waals surface area (Å²) in [5.74, 6) is 1.03. The van der Waals surface area contributed by atoms with Gasteiger partial charge in [-0.2, -0.15) is 0 Å². The van der Waals surface area contributed by atoms with Crippen LogP contribution >= 0.6 is 22.6 Å². The minimum absolute atomic E-state index is 0.850. The monoisotopic (exact) mass is 348 g/mol. The number of hydrogen-bond donors (Lipinski definition) is 1. The third kappa shape index (κ3) is 4.97. The molecule has 1 aliphatic rings. The van der Waals surface area contributed by atoms with Gasteiger partial charge in [-0.1, -0.05) is 6.42 Å². The van der Waals surface area contributed by atoms with E-state index in [0.717, 1.165) is 22.6 Å². The number of nitrogens with one attached hydrogen (secondary N) is 1. The number of piperidine rings is 1. The molecule has 0 saturated carbocycles. The second-order valence-corrected chi connectivity index (χ2v) is 5.70. The Bertz CT molecular complexity index is 321. The van der Waals surface area contributed by atoms with Crippen molar-refractivity contribution >= 4 is 22.6 Å². The van der Waals surface area contributed by atoms with Gasteiger partial charge in [0.25, 0.3) is 0 Å². The summed E-state index contributed by atoms with van der Waals surface area (Å²) in [6.45, 7) is 5.77. The first-order valence-electron chi connectivity index (χ1n) is 6.52. The van der Waals surface area contributed by atoms with Crippen molar-refractivity contribution in [3.05, 3.63) is 21.7 Å². The lowest BCUT2D eigenvalue weighted by Gasteiger charge is -2.26. The maximum absolute atomic E-state index is 5.49. The summed E-state index contributed by atoms with van der Waals surface area (Å²) in [6, 6.07) is 4.05. The Morgan fingerprint density at radius 1 is 1.24 bits per heavy atom. The van der Waals surface area contributed by atoms with E-state index >= 15 is 0 Å². The van der Waals surface area contributed by atoms with Crippen LogP contribution in [0.5, 0.6) is 0 Å². The van der Waals surface area contributed by atoms with E-state index in [0.29, 0.717) is 0 Å². The molecule has 17 heavy (non-hydrogen) atoms. The third-order valence-corrected chi connectivity index (χ3v) is 3.78. The molecule has 0 radical (unpaired) electrons. The van der Waals surface area contributed by atoms with Crippen LogP contribution in [0.2, 0.25) is 0 Å². The lowest BCUT2D eigenvalue weighted by molar-refractivity contribution is 0.225. The molecule has 2 heterocycles. The van der Waals surface area contributed by atoms with Gasteiger partial charge >= 0.3 is 0 Å². The second kappa shape index (κ2) is 7.38. The smallest absolute Gasteiger partial charge is 0.164 e. The molecule has 1 aliphatic heterocycles. The van der Waals surface area contributed by atoms with E-state index in [1.165, 1.54) is 45.3 Å². The Morgan fingerprint density at radius 3 is 2.76 bits per heavy atom. The van der Waals surface area contributed by atoms with Gasteiger partial charge in [0.1, 0.15) is 5.76 Å². The average molecular weight is 348 g/mol. The summed E-state index contributed by atoms with van der Waals surface area (Å²) in [5.41, 5.74) is 0. The summed E-state index contributed by atoms with van der Waals surface area (Å²) in [6.07, 6.45) is 5.43. The van der Waals surface area contributed by atoms with Gasteiger partial charge in [-0.25, -0.2) is 0 Å². The van der Waals surface area contributed by atoms with Crippen molar-refractivity contribution in [3.63, 3.8) is 0 Å². The topological polar surface area (TPSA) is 28.4 Å². The number of rotatable bonds is 6. The fourth-order valence-electron chi connectivity index (χ4n) is 2.27. The van der Waals surface area contributed by atoms with Gasteiger partial charge in [0.2, 0.25) is 0 Å². The molecule has 0 amide bonds. The van der Waals surface area contributed by atoms with Crippen LogP contribution in [-0.2, 0) is 6.54 Å². The maximum Gasteiger partial charge on any atom is 0.164 e. The Kier molecular flexibility index (Phi) is 5.80. The van der Waals surface area contributed by atoms with Gasteiger partial charge < -0.3 is 14.6 Å². The minimum Gasteiger partial charge on any atom is -0.454 e. The highest BCUT2D eigenvalue weighted by atomic mass is 127. The average Bonchev–Trinajstić information content (AvgIpc) is 2.76. The quantitative estimate of drug-likeness (QED) is 0.633. The molecule has 0 aromatic carbocycles. The summed E-state index contributed by atoms with van der Waals surface area (Å²) >= 11 is 2.20. The highest BCUT2D eigenvalue weighted by Gasteiger charge is 2.08. The Labute approximate surface area is 117 Å². The van der Waals surface area contributed by atoms with Gasteiger partial charge in [0.05, 0.1) is 6.54 Å². The van der Waals surface area contributed by atoms with Gasteiger partial charge in [-0.15, -0.1) is 0 Å². The lowest BCUT2D eigenvalue weighted by Crippen LogP contribution is -2.32. The highest BCUT2D eigenvalue weighted by Crippen LogP contribution is 2.10. The van der Waals surface area contributed by atoms with Crippen molar-refractivity contribution in [2.75, 3.05) is 26.2 Å². The zero-order chi connectivity index (χ0) is 11.9. The van der Waals surface area contributed by atoms with Crippen LogP contribution in [0, 0.1) is 3.77 Å². The van der Waals surface area contributed by atoms with E-state index in [9.17, 15) is 0 Å². The molecular formula is C13H21IN2O. The van der Waals surface area contributed by atoms with Crippen molar-refractivity contribution in [2.24, 2.45) is 0 Å². The molecule has 1 saturated heterocycles. The summed E-state index contributed by atoms with van der Waals surface area (Å²) in [7, 11) is 0. The highest BCUT2D eigenvalue weighted by molar-refractivity contribution is 14.1. The van der Waals surface area contributed by atoms with Crippen LogP contribution < -0.4 is 5.32 Å². The van der Waals surface area contributed by atoms with Crippen LogP contribution in [-0.4, -0.2) is 31.1 Å². The van der Waals surface area contributed by atoms with E-state index < -0.39 is 0 Å². The standard InChI is InChI=1S/C13H21IN2O/c14-13-6-5-12(17-13)11-15-7-4-10-16-8-2-1-3-9-16/h5-6,15H,1-4,7-11H2. The van der Waals surface area contributed by atoms with Crippen molar-refractivity contribution < 1.29 is 4.42 Å². The molecule has 0 atom stereocenters. The molecule has 2 rings (SSSR count). The first-order valence-corrected chi connectivity index (χ1v) is 7.60. The number of furan rings is 1. The fraction of sp³-hybridized carbons (Fsp3) is 0.692. The zero-order valence-electron chi connectivity index (χ0n) is 10.3. The van der Waals surface area contributed by atoms with Gasteiger partial charge in [-0.3, -0.25) is 0 Å². The normalized spacial score (nSPS) is 17.5. The number of likely N-dealkylation sites (tertiary alicyclic amines) is 1. The summed E-state index contributed by atoms with van der Waals surface area (Å²) < 4.78 is 6.46. The predicted octanol–water partition coefficient (Wildman–Crippen LogP) is 2.85. The van der Waals surface area contributed by atoms with Crippen molar-refractivity contribution in [3.8, 4) is 0 Å². The van der Waals surface area contributed by atoms with Crippen LogP contribution in [0.15, 0.2) is 16.5 Å². The molecular weight excluding hydrogens is 327 g/mol. The Hall–Kier alpha value is -0.0700. The minimum atomic E-state index is 0.850. The summed E-state index contributed by atoms with van der Waals surface area (Å²) in [4.78, 5) is 2.58. The van der Waals surface area contributed by atoms with Crippen LogP contribution in [0.3, 0.4) is 0 Å². The van der Waals surface area contributed by atoms with Crippen LogP contribution in [0.25, 0.3) is 0 Å². The summed E-state index contributed by atoms with van der Waals surface area (Å²) in [5, 5.41) is 3.43. The SMILES string of the molecule is Ic1ccc(CNCCCN2CCCCC2)o1. The van der Waals surface area contributed by atoms with E-state index in [2.05, 4.69) is 32.8 Å². The van der Waals surface area contributed by atoms with E-state index in [-0.39, 0.29) is 0 Å². The number of nitrogens with zero attached hydrogens (tertiary/aromatic N) is 1. The molecule has 1 aromatic rings. The van der Waals surface area contributed by atoms with Crippen LogP contribution in [0.4, 0.5) is 0 Å². The van der Waals surface area contributed by atoms with E-state index in [1.54, 1.807) is 0 Å². The van der Waals surface area contributed by atoms with Gasteiger partial charge in [0.15, 0.2) is 3.77 Å². The van der Waals surface area contributed by atoms with E-state index in [1.807, 2.05) is 12.1 Å².